The molecule has 0 heterocycles. The highest BCUT2D eigenvalue weighted by atomic mass is 35.5. The first-order chi connectivity index (χ1) is 10.1. The van der Waals surface area contributed by atoms with Crippen LogP contribution in [0.4, 0.5) is 0 Å². The monoisotopic (exact) mass is 333 g/mol. The molecule has 0 aromatic heterocycles. The normalized spacial score (nSPS) is 11.5. The van der Waals surface area contributed by atoms with Gasteiger partial charge in [0.1, 0.15) is 0 Å². The van der Waals surface area contributed by atoms with Crippen molar-refractivity contribution < 1.29 is 16.9 Å². The summed E-state index contributed by atoms with van der Waals surface area (Å²) < 4.78 is 1.24. The Morgan fingerprint density at radius 3 is 1.09 bits per heavy atom. The average molecular weight is 334 g/mol. The van der Waals surface area contributed by atoms with Crippen LogP contribution in [0.5, 0.6) is 0 Å². The predicted molar refractivity (Wildman–Crippen MR) is 97.8 cm³/mol. The molecule has 0 aromatic rings. The molecule has 0 fully saturated rings. The molecule has 1 nitrogen and oxygen atoms in total. The van der Waals surface area contributed by atoms with E-state index in [2.05, 4.69) is 27.9 Å². The second kappa shape index (κ2) is 17.6. The Hall–Kier alpha value is 0.250. The van der Waals surface area contributed by atoms with Gasteiger partial charge < -0.3 is 16.9 Å². The van der Waals surface area contributed by atoms with E-state index in [-0.39, 0.29) is 12.4 Å². The fourth-order valence-electron chi connectivity index (χ4n) is 3.11. The number of hydrogen-bond donors (Lipinski definition) is 0. The van der Waals surface area contributed by atoms with Crippen LogP contribution < -0.4 is 12.4 Å². The summed E-state index contributed by atoms with van der Waals surface area (Å²) in [4.78, 5) is 0. The van der Waals surface area contributed by atoms with Crippen LogP contribution in [0.1, 0.15) is 104 Å². The van der Waals surface area contributed by atoms with Gasteiger partial charge in [0.25, 0.3) is 0 Å². The molecule has 0 unspecified atom stereocenters. The molecule has 0 saturated heterocycles. The quantitative estimate of drug-likeness (QED) is 0.299. The molecular formula is C20H44ClN. The summed E-state index contributed by atoms with van der Waals surface area (Å²) in [7, 11) is 4.83. The standard InChI is InChI=1S/C20H44N.ClH/c1-5-7-9-11-12-13-14-15-16-18-20-21(3,4)19-17-10-8-6-2;/h5-20H2,1-4H3;1H/q+1;/p-1. The van der Waals surface area contributed by atoms with E-state index in [4.69, 9.17) is 0 Å². The van der Waals surface area contributed by atoms with Crippen LogP contribution in [-0.2, 0) is 0 Å². The highest BCUT2D eigenvalue weighted by molar-refractivity contribution is 4.48. The predicted octanol–water partition coefficient (Wildman–Crippen LogP) is 3.57. The molecule has 2 heteroatoms. The van der Waals surface area contributed by atoms with E-state index in [9.17, 15) is 0 Å². The third-order valence-electron chi connectivity index (χ3n) is 4.73. The lowest BCUT2D eigenvalue weighted by Crippen LogP contribution is -3.00. The van der Waals surface area contributed by atoms with Crippen molar-refractivity contribution >= 4 is 0 Å². The summed E-state index contributed by atoms with van der Waals surface area (Å²) >= 11 is 0. The van der Waals surface area contributed by atoms with Gasteiger partial charge in [0.2, 0.25) is 0 Å². The molecule has 0 amide bonds. The van der Waals surface area contributed by atoms with Crippen molar-refractivity contribution in [2.24, 2.45) is 0 Å². The number of hydrogen-bond acceptors (Lipinski definition) is 0. The third kappa shape index (κ3) is 18.3. The number of halogens is 1. The highest BCUT2D eigenvalue weighted by Gasteiger charge is 2.13. The Bertz CT molecular complexity index is 204. The molecule has 0 rings (SSSR count). The Kier molecular flexibility index (Phi) is 19.6. The van der Waals surface area contributed by atoms with Crippen LogP contribution >= 0.6 is 0 Å². The maximum Gasteiger partial charge on any atom is 0.0782 e. The number of rotatable bonds is 16. The van der Waals surface area contributed by atoms with Crippen molar-refractivity contribution in [2.45, 2.75) is 104 Å². The Morgan fingerprint density at radius 1 is 0.455 bits per heavy atom. The molecule has 0 aliphatic carbocycles. The fraction of sp³-hybridized carbons (Fsp3) is 1.00. The summed E-state index contributed by atoms with van der Waals surface area (Å²) in [6, 6.07) is 0. The van der Waals surface area contributed by atoms with Gasteiger partial charge in [-0.25, -0.2) is 0 Å². The Labute approximate surface area is 148 Å². The average Bonchev–Trinajstić information content (AvgIpc) is 2.45. The lowest BCUT2D eigenvalue weighted by atomic mass is 10.1. The van der Waals surface area contributed by atoms with E-state index in [1.165, 1.54) is 107 Å². The molecule has 0 radical (unpaired) electrons. The highest BCUT2D eigenvalue weighted by Crippen LogP contribution is 2.12. The zero-order valence-electron chi connectivity index (χ0n) is 16.1. The summed E-state index contributed by atoms with van der Waals surface area (Å²) in [5.74, 6) is 0. The largest absolute Gasteiger partial charge is 1.00 e. The van der Waals surface area contributed by atoms with Gasteiger partial charge in [-0.3, -0.25) is 0 Å². The topological polar surface area (TPSA) is 0 Å². The smallest absolute Gasteiger partial charge is 0.0782 e. The van der Waals surface area contributed by atoms with Gasteiger partial charge in [0.15, 0.2) is 0 Å². The molecule has 0 aliphatic rings. The van der Waals surface area contributed by atoms with Crippen molar-refractivity contribution in [3.8, 4) is 0 Å². The Balaban J connectivity index is 0. The maximum atomic E-state index is 2.42. The van der Waals surface area contributed by atoms with E-state index < -0.39 is 0 Å². The van der Waals surface area contributed by atoms with Crippen LogP contribution in [0, 0.1) is 0 Å². The van der Waals surface area contributed by atoms with Crippen molar-refractivity contribution in [3.63, 3.8) is 0 Å². The van der Waals surface area contributed by atoms with Gasteiger partial charge in [0, 0.05) is 0 Å². The third-order valence-corrected chi connectivity index (χ3v) is 4.73. The molecule has 0 N–H and O–H groups in total. The van der Waals surface area contributed by atoms with Gasteiger partial charge in [-0.15, -0.1) is 0 Å². The molecule has 0 bridgehead atoms. The first kappa shape index (κ1) is 24.5. The van der Waals surface area contributed by atoms with E-state index in [1.54, 1.807) is 0 Å². The maximum absolute atomic E-state index is 2.42. The summed E-state index contributed by atoms with van der Waals surface area (Å²) in [5.41, 5.74) is 0. The number of nitrogens with zero attached hydrogens (tertiary/aromatic N) is 1. The van der Waals surface area contributed by atoms with E-state index in [1.807, 2.05) is 0 Å². The Morgan fingerprint density at radius 2 is 0.727 bits per heavy atom. The molecule has 0 aromatic carbocycles. The van der Waals surface area contributed by atoms with Crippen LogP contribution in [0.15, 0.2) is 0 Å². The second-order valence-electron chi connectivity index (χ2n) is 7.63. The lowest BCUT2D eigenvalue weighted by molar-refractivity contribution is -0.890. The molecule has 22 heavy (non-hydrogen) atoms. The number of quaternary nitrogens is 1. The minimum absolute atomic E-state index is 0. The van der Waals surface area contributed by atoms with Gasteiger partial charge in [0.05, 0.1) is 27.2 Å². The number of unbranched alkanes of at least 4 members (excludes halogenated alkanes) is 12. The van der Waals surface area contributed by atoms with Crippen LogP contribution in [-0.4, -0.2) is 31.7 Å². The molecule has 0 spiro atoms. The first-order valence-electron chi connectivity index (χ1n) is 9.94. The van der Waals surface area contributed by atoms with Gasteiger partial charge in [-0.1, -0.05) is 78.1 Å². The lowest BCUT2D eigenvalue weighted by Gasteiger charge is -2.30. The summed E-state index contributed by atoms with van der Waals surface area (Å²) in [6.07, 6.45) is 20.1. The van der Waals surface area contributed by atoms with Gasteiger partial charge in [-0.05, 0) is 25.7 Å². The van der Waals surface area contributed by atoms with Crippen LogP contribution in [0.3, 0.4) is 0 Å². The molecule has 0 atom stereocenters. The minimum Gasteiger partial charge on any atom is -1.00 e. The van der Waals surface area contributed by atoms with E-state index in [0.717, 1.165) is 0 Å². The second-order valence-corrected chi connectivity index (χ2v) is 7.63. The van der Waals surface area contributed by atoms with Crippen molar-refractivity contribution in [3.05, 3.63) is 0 Å². The van der Waals surface area contributed by atoms with Gasteiger partial charge in [-0.2, -0.15) is 0 Å². The van der Waals surface area contributed by atoms with Crippen molar-refractivity contribution in [1.29, 1.82) is 0 Å². The van der Waals surface area contributed by atoms with Crippen molar-refractivity contribution in [1.82, 2.24) is 0 Å². The van der Waals surface area contributed by atoms with E-state index in [0.29, 0.717) is 0 Å². The summed E-state index contributed by atoms with van der Waals surface area (Å²) in [6.45, 7) is 7.34. The SMILES string of the molecule is CCCCCCCCCCCC[N+](C)(C)CCCCCC.[Cl-]. The molecular weight excluding hydrogens is 290 g/mol. The summed E-state index contributed by atoms with van der Waals surface area (Å²) in [5, 5.41) is 0. The van der Waals surface area contributed by atoms with Gasteiger partial charge >= 0.3 is 0 Å². The molecule has 136 valence electrons. The fourth-order valence-corrected chi connectivity index (χ4v) is 3.11. The van der Waals surface area contributed by atoms with E-state index >= 15 is 0 Å². The van der Waals surface area contributed by atoms with Crippen LogP contribution in [0.25, 0.3) is 0 Å². The molecule has 0 saturated carbocycles. The first-order valence-corrected chi connectivity index (χ1v) is 9.94. The molecule has 0 aliphatic heterocycles. The zero-order chi connectivity index (χ0) is 15.8. The van der Waals surface area contributed by atoms with Crippen LogP contribution in [0.2, 0.25) is 0 Å². The zero-order valence-corrected chi connectivity index (χ0v) is 16.9. The minimum atomic E-state index is 0. The van der Waals surface area contributed by atoms with Crippen molar-refractivity contribution in [2.75, 3.05) is 27.2 Å².